The molecule has 21 heavy (non-hydrogen) atoms. The number of nitrogens with one attached hydrogen (secondary N) is 2. The molecule has 0 bridgehead atoms. The Hall–Kier alpha value is -0.750. The van der Waals surface area contributed by atoms with Crippen molar-refractivity contribution in [1.82, 2.24) is 4.98 Å². The van der Waals surface area contributed by atoms with Gasteiger partial charge in [-0.25, -0.2) is 4.98 Å². The molecule has 1 heterocycles. The Balaban J connectivity index is 2.73. The van der Waals surface area contributed by atoms with Gasteiger partial charge in [-0.15, -0.1) is 0 Å². The van der Waals surface area contributed by atoms with Gasteiger partial charge in [-0.1, -0.05) is 30.1 Å². The molecule has 1 unspecified atom stereocenters. The van der Waals surface area contributed by atoms with Crippen molar-refractivity contribution in [3.63, 3.8) is 0 Å². The minimum Gasteiger partial charge on any atom is -0.388 e. The lowest BCUT2D eigenvalue weighted by Crippen LogP contribution is -2.35. The molecule has 0 saturated heterocycles. The standard InChI is InChI=1S/C14H23Cl2N3O2/c1-4-6-17-12-10(15)8-11(16)13(19-12)18-9-14(2,20)5-7-21-3/h8,20H,4-7,9H2,1-3H3,(H2,17,18,19). The Kier molecular flexibility index (Phi) is 7.52. The van der Waals surface area contributed by atoms with Crippen LogP contribution in [0, 0.1) is 0 Å². The van der Waals surface area contributed by atoms with Crippen LogP contribution in [-0.2, 0) is 4.74 Å². The highest BCUT2D eigenvalue weighted by molar-refractivity contribution is 6.37. The fourth-order valence-electron chi connectivity index (χ4n) is 1.64. The number of nitrogens with zero attached hydrogens (tertiary/aromatic N) is 1. The molecule has 1 atom stereocenters. The van der Waals surface area contributed by atoms with Crippen molar-refractivity contribution >= 4 is 34.8 Å². The number of aromatic nitrogens is 1. The zero-order valence-electron chi connectivity index (χ0n) is 12.7. The fourth-order valence-corrected chi connectivity index (χ4v) is 2.13. The molecule has 5 nitrogen and oxygen atoms in total. The van der Waals surface area contributed by atoms with Gasteiger partial charge in [-0.3, -0.25) is 0 Å². The van der Waals surface area contributed by atoms with Crippen LogP contribution < -0.4 is 10.6 Å². The van der Waals surface area contributed by atoms with E-state index in [0.29, 0.717) is 41.3 Å². The number of anilines is 2. The second-order valence-electron chi connectivity index (χ2n) is 5.17. The summed E-state index contributed by atoms with van der Waals surface area (Å²) in [7, 11) is 1.60. The molecule has 1 aromatic rings. The molecule has 1 aromatic heterocycles. The van der Waals surface area contributed by atoms with Gasteiger partial charge in [0.15, 0.2) is 0 Å². The number of pyridine rings is 1. The summed E-state index contributed by atoms with van der Waals surface area (Å²) in [6.45, 7) is 5.37. The van der Waals surface area contributed by atoms with E-state index in [0.717, 1.165) is 13.0 Å². The first-order valence-corrected chi connectivity index (χ1v) is 7.70. The van der Waals surface area contributed by atoms with Gasteiger partial charge in [0.25, 0.3) is 0 Å². The minimum absolute atomic E-state index is 0.317. The SMILES string of the molecule is CCCNc1nc(NCC(C)(O)CCOC)c(Cl)cc1Cl. The molecule has 7 heteroatoms. The van der Waals surface area contributed by atoms with Gasteiger partial charge in [0.1, 0.15) is 11.6 Å². The molecule has 0 aromatic carbocycles. The Bertz CT molecular complexity index is 456. The quantitative estimate of drug-likeness (QED) is 0.645. The van der Waals surface area contributed by atoms with E-state index >= 15 is 0 Å². The summed E-state index contributed by atoms with van der Waals surface area (Å²) >= 11 is 12.2. The van der Waals surface area contributed by atoms with Crippen molar-refractivity contribution in [2.75, 3.05) is 37.4 Å². The summed E-state index contributed by atoms with van der Waals surface area (Å²) in [6.07, 6.45) is 1.48. The number of aliphatic hydroxyl groups is 1. The predicted octanol–water partition coefficient (Wildman–Crippen LogP) is 3.41. The molecule has 0 spiro atoms. The minimum atomic E-state index is -0.905. The average Bonchev–Trinajstić information content (AvgIpc) is 2.43. The molecule has 3 N–H and O–H groups in total. The van der Waals surface area contributed by atoms with Gasteiger partial charge < -0.3 is 20.5 Å². The molecular formula is C14H23Cl2N3O2. The van der Waals surface area contributed by atoms with Crippen LogP contribution in [0.25, 0.3) is 0 Å². The van der Waals surface area contributed by atoms with Crippen LogP contribution in [0.4, 0.5) is 11.6 Å². The van der Waals surface area contributed by atoms with Crippen LogP contribution >= 0.6 is 23.2 Å². The smallest absolute Gasteiger partial charge is 0.147 e. The number of ether oxygens (including phenoxy) is 1. The second kappa shape index (κ2) is 8.63. The van der Waals surface area contributed by atoms with Gasteiger partial charge in [0, 0.05) is 33.2 Å². The maximum atomic E-state index is 10.2. The maximum absolute atomic E-state index is 10.2. The normalized spacial score (nSPS) is 13.8. The first-order chi connectivity index (χ1) is 9.89. The van der Waals surface area contributed by atoms with E-state index in [1.165, 1.54) is 0 Å². The monoisotopic (exact) mass is 335 g/mol. The number of hydrogen-bond donors (Lipinski definition) is 3. The summed E-state index contributed by atoms with van der Waals surface area (Å²) in [6, 6.07) is 1.64. The zero-order valence-corrected chi connectivity index (χ0v) is 14.2. The highest BCUT2D eigenvalue weighted by Gasteiger charge is 2.20. The molecule has 0 amide bonds. The summed E-state index contributed by atoms with van der Waals surface area (Å²) in [5.41, 5.74) is -0.905. The van der Waals surface area contributed by atoms with E-state index in [-0.39, 0.29) is 0 Å². The summed E-state index contributed by atoms with van der Waals surface area (Å²) in [5.74, 6) is 1.08. The number of halogens is 2. The third kappa shape index (κ3) is 6.26. The summed E-state index contributed by atoms with van der Waals surface area (Å²) in [5, 5.41) is 17.3. The fraction of sp³-hybridized carbons (Fsp3) is 0.643. The van der Waals surface area contributed by atoms with Crippen molar-refractivity contribution < 1.29 is 9.84 Å². The lowest BCUT2D eigenvalue weighted by molar-refractivity contribution is 0.0357. The van der Waals surface area contributed by atoms with Crippen molar-refractivity contribution in [3.8, 4) is 0 Å². The van der Waals surface area contributed by atoms with Crippen LogP contribution in [0.1, 0.15) is 26.7 Å². The molecule has 0 fully saturated rings. The Morgan fingerprint density at radius 2 is 1.90 bits per heavy atom. The lowest BCUT2D eigenvalue weighted by atomic mass is 10.0. The first-order valence-electron chi connectivity index (χ1n) is 6.94. The molecule has 0 aliphatic rings. The topological polar surface area (TPSA) is 66.4 Å². The highest BCUT2D eigenvalue weighted by atomic mass is 35.5. The molecular weight excluding hydrogens is 313 g/mol. The van der Waals surface area contributed by atoms with Gasteiger partial charge in [0.05, 0.1) is 15.6 Å². The van der Waals surface area contributed by atoms with Gasteiger partial charge in [-0.2, -0.15) is 0 Å². The van der Waals surface area contributed by atoms with E-state index < -0.39 is 5.60 Å². The van der Waals surface area contributed by atoms with Crippen LogP contribution in [0.2, 0.25) is 10.0 Å². The van der Waals surface area contributed by atoms with Crippen molar-refractivity contribution in [2.24, 2.45) is 0 Å². The Labute approximate surface area is 136 Å². The molecule has 120 valence electrons. The van der Waals surface area contributed by atoms with Gasteiger partial charge >= 0.3 is 0 Å². The average molecular weight is 336 g/mol. The largest absolute Gasteiger partial charge is 0.388 e. The van der Waals surface area contributed by atoms with Crippen molar-refractivity contribution in [2.45, 2.75) is 32.3 Å². The molecule has 0 aliphatic carbocycles. The van der Waals surface area contributed by atoms with E-state index in [4.69, 9.17) is 27.9 Å². The van der Waals surface area contributed by atoms with Crippen LogP contribution in [-0.4, -0.2) is 42.5 Å². The molecule has 0 saturated carbocycles. The van der Waals surface area contributed by atoms with E-state index in [2.05, 4.69) is 22.5 Å². The third-order valence-corrected chi connectivity index (χ3v) is 3.53. The molecule has 1 rings (SSSR count). The van der Waals surface area contributed by atoms with E-state index in [9.17, 15) is 5.11 Å². The van der Waals surface area contributed by atoms with Crippen molar-refractivity contribution in [3.05, 3.63) is 16.1 Å². The third-order valence-electron chi connectivity index (χ3n) is 2.95. The molecule has 0 aliphatic heterocycles. The number of hydrogen-bond acceptors (Lipinski definition) is 5. The molecule has 0 radical (unpaired) electrons. The van der Waals surface area contributed by atoms with Crippen LogP contribution in [0.3, 0.4) is 0 Å². The maximum Gasteiger partial charge on any atom is 0.147 e. The van der Waals surface area contributed by atoms with Crippen LogP contribution in [0.15, 0.2) is 6.07 Å². The van der Waals surface area contributed by atoms with Gasteiger partial charge in [0.2, 0.25) is 0 Å². The lowest BCUT2D eigenvalue weighted by Gasteiger charge is -2.24. The highest BCUT2D eigenvalue weighted by Crippen LogP contribution is 2.29. The van der Waals surface area contributed by atoms with Gasteiger partial charge in [-0.05, 0) is 19.4 Å². The Morgan fingerprint density at radius 1 is 1.29 bits per heavy atom. The van der Waals surface area contributed by atoms with Crippen LogP contribution in [0.5, 0.6) is 0 Å². The Morgan fingerprint density at radius 3 is 2.48 bits per heavy atom. The summed E-state index contributed by atoms with van der Waals surface area (Å²) < 4.78 is 4.98. The van der Waals surface area contributed by atoms with Crippen molar-refractivity contribution in [1.29, 1.82) is 0 Å². The van der Waals surface area contributed by atoms with E-state index in [1.54, 1.807) is 20.1 Å². The first kappa shape index (κ1) is 18.3. The summed E-state index contributed by atoms with van der Waals surface area (Å²) in [4.78, 5) is 4.36. The second-order valence-corrected chi connectivity index (χ2v) is 5.98. The zero-order chi connectivity index (χ0) is 15.9. The number of methoxy groups -OCH3 is 1. The van der Waals surface area contributed by atoms with E-state index in [1.807, 2.05) is 0 Å². The number of rotatable bonds is 9. The predicted molar refractivity (Wildman–Crippen MR) is 88.6 cm³/mol.